The van der Waals surface area contributed by atoms with Crippen molar-refractivity contribution in [2.45, 2.75) is 38.7 Å². The van der Waals surface area contributed by atoms with Crippen molar-refractivity contribution in [3.8, 4) is 5.75 Å². The van der Waals surface area contributed by atoms with Crippen LogP contribution in [0.25, 0.3) is 11.0 Å². The van der Waals surface area contributed by atoms with Crippen molar-refractivity contribution in [1.29, 1.82) is 0 Å². The molecule has 0 spiro atoms. The molecule has 1 aromatic carbocycles. The van der Waals surface area contributed by atoms with Gasteiger partial charge < -0.3 is 14.2 Å². The summed E-state index contributed by atoms with van der Waals surface area (Å²) in [6.07, 6.45) is 1.15. The van der Waals surface area contributed by atoms with Crippen LogP contribution in [-0.2, 0) is 12.4 Å². The highest BCUT2D eigenvalue weighted by molar-refractivity contribution is 6.16. The van der Waals surface area contributed by atoms with E-state index in [4.69, 9.17) is 16.3 Å². The van der Waals surface area contributed by atoms with Crippen LogP contribution in [0.3, 0.4) is 0 Å². The fourth-order valence-electron chi connectivity index (χ4n) is 2.48. The van der Waals surface area contributed by atoms with E-state index in [2.05, 4.69) is 41.4 Å². The van der Waals surface area contributed by atoms with Crippen molar-refractivity contribution in [2.24, 2.45) is 0 Å². The summed E-state index contributed by atoms with van der Waals surface area (Å²) in [7, 11) is 3.83. The highest BCUT2D eigenvalue weighted by Crippen LogP contribution is 2.26. The second-order valence-electron chi connectivity index (χ2n) is 5.38. The monoisotopic (exact) mass is 309 g/mol. The summed E-state index contributed by atoms with van der Waals surface area (Å²) in [5, 5.41) is 0. The van der Waals surface area contributed by atoms with Crippen LogP contribution in [0.4, 0.5) is 0 Å². The lowest BCUT2D eigenvalue weighted by Crippen LogP contribution is -2.31. The standard InChI is InChI=1S/C16H24ClN3O/c1-5-12(2)19(3)9-10-20-13-7-6-8-14(21-4)16(13)18-15(20)11-17/h6-8,12H,5,9-11H2,1-4H3. The first-order chi connectivity index (χ1) is 10.1. The second-order valence-corrected chi connectivity index (χ2v) is 5.65. The summed E-state index contributed by atoms with van der Waals surface area (Å²) in [6.45, 7) is 6.31. The van der Waals surface area contributed by atoms with E-state index in [1.807, 2.05) is 12.1 Å². The molecule has 0 saturated heterocycles. The summed E-state index contributed by atoms with van der Waals surface area (Å²) in [6, 6.07) is 6.58. The van der Waals surface area contributed by atoms with Crippen LogP contribution >= 0.6 is 11.6 Å². The van der Waals surface area contributed by atoms with E-state index in [9.17, 15) is 0 Å². The first-order valence-corrected chi connectivity index (χ1v) is 7.94. The topological polar surface area (TPSA) is 30.3 Å². The van der Waals surface area contributed by atoms with Gasteiger partial charge in [0, 0.05) is 19.1 Å². The summed E-state index contributed by atoms with van der Waals surface area (Å²) in [4.78, 5) is 7.00. The maximum Gasteiger partial charge on any atom is 0.146 e. The number of imidazole rings is 1. The predicted molar refractivity (Wildman–Crippen MR) is 88.2 cm³/mol. The molecule has 5 heteroatoms. The van der Waals surface area contributed by atoms with Crippen molar-refractivity contribution in [2.75, 3.05) is 20.7 Å². The molecule has 2 rings (SSSR count). The first kappa shape index (κ1) is 16.1. The fourth-order valence-corrected chi connectivity index (χ4v) is 2.68. The molecule has 0 aliphatic heterocycles. The van der Waals surface area contributed by atoms with Crippen LogP contribution in [0, 0.1) is 0 Å². The Morgan fingerprint density at radius 1 is 1.43 bits per heavy atom. The molecule has 0 fully saturated rings. The van der Waals surface area contributed by atoms with Gasteiger partial charge in [0.2, 0.25) is 0 Å². The lowest BCUT2D eigenvalue weighted by molar-refractivity contribution is 0.243. The minimum Gasteiger partial charge on any atom is -0.494 e. The smallest absolute Gasteiger partial charge is 0.146 e. The van der Waals surface area contributed by atoms with Gasteiger partial charge in [0.1, 0.15) is 17.1 Å². The number of nitrogens with zero attached hydrogens (tertiary/aromatic N) is 3. The number of halogens is 1. The number of ether oxygens (including phenoxy) is 1. The molecule has 21 heavy (non-hydrogen) atoms. The van der Waals surface area contributed by atoms with Gasteiger partial charge in [-0.2, -0.15) is 0 Å². The predicted octanol–water partition coefficient (Wildman–Crippen LogP) is 3.51. The van der Waals surface area contributed by atoms with Crippen molar-refractivity contribution < 1.29 is 4.74 Å². The van der Waals surface area contributed by atoms with Crippen LogP contribution in [-0.4, -0.2) is 41.2 Å². The quantitative estimate of drug-likeness (QED) is 0.733. The molecular weight excluding hydrogens is 286 g/mol. The lowest BCUT2D eigenvalue weighted by atomic mass is 10.2. The van der Waals surface area contributed by atoms with Gasteiger partial charge in [0.25, 0.3) is 0 Å². The minimum absolute atomic E-state index is 0.408. The van der Waals surface area contributed by atoms with Crippen molar-refractivity contribution in [1.82, 2.24) is 14.5 Å². The first-order valence-electron chi connectivity index (χ1n) is 7.40. The molecule has 0 aliphatic rings. The van der Waals surface area contributed by atoms with E-state index in [1.165, 1.54) is 0 Å². The summed E-state index contributed by atoms with van der Waals surface area (Å²) in [5.41, 5.74) is 1.98. The number of alkyl halides is 1. The minimum atomic E-state index is 0.408. The summed E-state index contributed by atoms with van der Waals surface area (Å²) in [5.74, 6) is 2.10. The Kier molecular flexibility index (Phi) is 5.48. The Morgan fingerprint density at radius 2 is 2.19 bits per heavy atom. The number of para-hydroxylation sites is 1. The van der Waals surface area contributed by atoms with Crippen LogP contribution in [0.1, 0.15) is 26.1 Å². The van der Waals surface area contributed by atoms with E-state index in [0.717, 1.165) is 42.1 Å². The van der Waals surface area contributed by atoms with Gasteiger partial charge in [-0.05, 0) is 32.5 Å². The molecule has 1 unspecified atom stereocenters. The van der Waals surface area contributed by atoms with E-state index in [-0.39, 0.29) is 0 Å². The van der Waals surface area contributed by atoms with Crippen LogP contribution < -0.4 is 4.74 Å². The number of aromatic nitrogens is 2. The van der Waals surface area contributed by atoms with Gasteiger partial charge in [-0.25, -0.2) is 4.98 Å². The summed E-state index contributed by atoms with van der Waals surface area (Å²) < 4.78 is 7.59. The number of methoxy groups -OCH3 is 1. The zero-order valence-corrected chi connectivity index (χ0v) is 14.0. The Morgan fingerprint density at radius 3 is 2.81 bits per heavy atom. The zero-order valence-electron chi connectivity index (χ0n) is 13.3. The Hall–Kier alpha value is -1.26. The van der Waals surface area contributed by atoms with Gasteiger partial charge in [-0.1, -0.05) is 13.0 Å². The molecule has 116 valence electrons. The third kappa shape index (κ3) is 3.33. The molecule has 0 N–H and O–H groups in total. The molecule has 0 amide bonds. The molecule has 1 heterocycles. The Bertz CT molecular complexity index is 596. The zero-order chi connectivity index (χ0) is 15.4. The molecule has 2 aromatic rings. The highest BCUT2D eigenvalue weighted by Gasteiger charge is 2.14. The number of hydrogen-bond donors (Lipinski definition) is 0. The van der Waals surface area contributed by atoms with Gasteiger partial charge in [-0.3, -0.25) is 0 Å². The fraction of sp³-hybridized carbons (Fsp3) is 0.562. The lowest BCUT2D eigenvalue weighted by Gasteiger charge is -2.24. The van der Waals surface area contributed by atoms with Gasteiger partial charge in [0.15, 0.2) is 0 Å². The number of benzene rings is 1. The molecule has 1 atom stereocenters. The van der Waals surface area contributed by atoms with Crippen molar-refractivity contribution in [3.63, 3.8) is 0 Å². The molecule has 0 radical (unpaired) electrons. The van der Waals surface area contributed by atoms with Gasteiger partial charge in [0.05, 0.1) is 18.5 Å². The Balaban J connectivity index is 2.30. The maximum atomic E-state index is 6.07. The van der Waals surface area contributed by atoms with Crippen LogP contribution in [0.2, 0.25) is 0 Å². The van der Waals surface area contributed by atoms with Crippen LogP contribution in [0.5, 0.6) is 5.75 Å². The van der Waals surface area contributed by atoms with E-state index < -0.39 is 0 Å². The third-order valence-electron chi connectivity index (χ3n) is 4.18. The van der Waals surface area contributed by atoms with Crippen molar-refractivity contribution >= 4 is 22.6 Å². The van der Waals surface area contributed by atoms with E-state index in [0.29, 0.717) is 11.9 Å². The number of likely N-dealkylation sites (N-methyl/N-ethyl adjacent to an activating group) is 1. The average Bonchev–Trinajstić information content (AvgIpc) is 2.89. The SMILES string of the molecule is CCC(C)N(C)CCn1c(CCl)nc2c(OC)cccc21. The number of hydrogen-bond acceptors (Lipinski definition) is 3. The highest BCUT2D eigenvalue weighted by atomic mass is 35.5. The Labute approximate surface area is 131 Å². The second kappa shape index (κ2) is 7.14. The maximum absolute atomic E-state index is 6.07. The normalized spacial score (nSPS) is 13.0. The van der Waals surface area contributed by atoms with E-state index in [1.54, 1.807) is 7.11 Å². The molecular formula is C16H24ClN3O. The molecule has 0 aliphatic carbocycles. The number of rotatable bonds is 7. The molecule has 0 saturated carbocycles. The van der Waals surface area contributed by atoms with Gasteiger partial charge in [-0.15, -0.1) is 11.6 Å². The molecule has 4 nitrogen and oxygen atoms in total. The average molecular weight is 310 g/mol. The molecule has 0 bridgehead atoms. The largest absolute Gasteiger partial charge is 0.494 e. The number of fused-ring (bicyclic) bond motifs is 1. The third-order valence-corrected chi connectivity index (χ3v) is 4.42. The van der Waals surface area contributed by atoms with Crippen molar-refractivity contribution in [3.05, 3.63) is 24.0 Å². The summed E-state index contributed by atoms with van der Waals surface area (Å²) >= 11 is 6.07. The molecule has 1 aromatic heterocycles. The van der Waals surface area contributed by atoms with E-state index >= 15 is 0 Å². The van der Waals surface area contributed by atoms with Crippen LogP contribution in [0.15, 0.2) is 18.2 Å². The van der Waals surface area contributed by atoms with Gasteiger partial charge >= 0.3 is 0 Å².